The monoisotopic (exact) mass is 210 g/mol. The standard InChI is InChI=1S/C11H14S2/c1-9-4-6-10(7-5-9)11(13-3)8-12-2/h4-8H,1-3H3/b11-8-. The average Bonchev–Trinajstić information content (AvgIpc) is 2.16. The Bertz CT molecular complexity index is 285. The maximum atomic E-state index is 2.19. The van der Waals surface area contributed by atoms with Crippen LogP contribution < -0.4 is 0 Å². The fourth-order valence-electron chi connectivity index (χ4n) is 1.06. The van der Waals surface area contributed by atoms with Crippen molar-refractivity contribution in [2.75, 3.05) is 12.5 Å². The number of benzene rings is 1. The van der Waals surface area contributed by atoms with Gasteiger partial charge in [-0.25, -0.2) is 0 Å². The van der Waals surface area contributed by atoms with Crippen molar-refractivity contribution in [1.82, 2.24) is 0 Å². The zero-order valence-electron chi connectivity index (χ0n) is 8.20. The lowest BCUT2D eigenvalue weighted by Gasteiger charge is -2.03. The molecule has 0 heterocycles. The van der Waals surface area contributed by atoms with Crippen LogP contribution in [0.1, 0.15) is 11.1 Å². The van der Waals surface area contributed by atoms with Crippen LogP contribution in [0.25, 0.3) is 4.91 Å². The molecule has 0 aromatic heterocycles. The quantitative estimate of drug-likeness (QED) is 0.739. The second-order valence-electron chi connectivity index (χ2n) is 2.79. The van der Waals surface area contributed by atoms with E-state index in [9.17, 15) is 0 Å². The van der Waals surface area contributed by atoms with Crippen molar-refractivity contribution >= 4 is 28.4 Å². The van der Waals surface area contributed by atoms with Crippen molar-refractivity contribution in [3.63, 3.8) is 0 Å². The van der Waals surface area contributed by atoms with Gasteiger partial charge in [0.2, 0.25) is 0 Å². The summed E-state index contributed by atoms with van der Waals surface area (Å²) < 4.78 is 0. The van der Waals surface area contributed by atoms with Crippen molar-refractivity contribution in [3.8, 4) is 0 Å². The Balaban J connectivity index is 2.92. The van der Waals surface area contributed by atoms with E-state index in [0.717, 1.165) is 0 Å². The van der Waals surface area contributed by atoms with E-state index in [2.05, 4.69) is 49.1 Å². The van der Waals surface area contributed by atoms with Gasteiger partial charge in [0.15, 0.2) is 0 Å². The predicted octanol–water partition coefficient (Wildman–Crippen LogP) is 4.02. The molecule has 13 heavy (non-hydrogen) atoms. The third kappa shape index (κ3) is 3.12. The minimum Gasteiger partial charge on any atom is -0.136 e. The van der Waals surface area contributed by atoms with Crippen molar-refractivity contribution in [2.24, 2.45) is 0 Å². The molecule has 2 heteroatoms. The molecule has 0 N–H and O–H groups in total. The third-order valence-electron chi connectivity index (χ3n) is 1.78. The summed E-state index contributed by atoms with van der Waals surface area (Å²) in [6, 6.07) is 8.65. The molecule has 0 saturated carbocycles. The van der Waals surface area contributed by atoms with E-state index in [1.54, 1.807) is 23.5 Å². The summed E-state index contributed by atoms with van der Waals surface area (Å²) in [5.74, 6) is 0. The van der Waals surface area contributed by atoms with Gasteiger partial charge in [0, 0.05) is 4.91 Å². The van der Waals surface area contributed by atoms with Gasteiger partial charge in [0.1, 0.15) is 0 Å². The maximum absolute atomic E-state index is 2.19. The van der Waals surface area contributed by atoms with E-state index in [1.807, 2.05) is 0 Å². The molecule has 0 radical (unpaired) electrons. The molecule has 1 aromatic carbocycles. The Kier molecular flexibility index (Phi) is 4.46. The Labute approximate surface area is 88.8 Å². The first kappa shape index (κ1) is 10.7. The zero-order chi connectivity index (χ0) is 9.68. The molecule has 1 rings (SSSR count). The minimum atomic E-state index is 1.31. The van der Waals surface area contributed by atoms with Gasteiger partial charge in [0.05, 0.1) is 0 Å². The van der Waals surface area contributed by atoms with E-state index in [-0.39, 0.29) is 0 Å². The van der Waals surface area contributed by atoms with Gasteiger partial charge in [-0.05, 0) is 30.4 Å². The molecule has 0 aliphatic heterocycles. The Morgan fingerprint density at radius 3 is 2.23 bits per heavy atom. The van der Waals surface area contributed by atoms with Crippen LogP contribution >= 0.6 is 23.5 Å². The number of hydrogen-bond acceptors (Lipinski definition) is 2. The number of rotatable bonds is 3. The van der Waals surface area contributed by atoms with Crippen LogP contribution in [0.4, 0.5) is 0 Å². The summed E-state index contributed by atoms with van der Waals surface area (Å²) in [5, 5.41) is 2.19. The largest absolute Gasteiger partial charge is 0.136 e. The summed E-state index contributed by atoms with van der Waals surface area (Å²) in [6.07, 6.45) is 4.20. The van der Waals surface area contributed by atoms with Crippen molar-refractivity contribution in [3.05, 3.63) is 40.8 Å². The smallest absolute Gasteiger partial charge is 0.0204 e. The highest BCUT2D eigenvalue weighted by Gasteiger charge is 1.97. The van der Waals surface area contributed by atoms with E-state index < -0.39 is 0 Å². The summed E-state index contributed by atoms with van der Waals surface area (Å²) in [7, 11) is 0. The van der Waals surface area contributed by atoms with Gasteiger partial charge in [-0.2, -0.15) is 0 Å². The molecule has 0 aliphatic rings. The molecule has 1 aromatic rings. The molecule has 0 bridgehead atoms. The van der Waals surface area contributed by atoms with Gasteiger partial charge in [-0.1, -0.05) is 29.8 Å². The van der Waals surface area contributed by atoms with Crippen LogP contribution in [0.15, 0.2) is 29.7 Å². The van der Waals surface area contributed by atoms with Gasteiger partial charge in [-0.15, -0.1) is 23.5 Å². The number of thioether (sulfide) groups is 2. The van der Waals surface area contributed by atoms with Gasteiger partial charge >= 0.3 is 0 Å². The van der Waals surface area contributed by atoms with Crippen LogP contribution in [-0.2, 0) is 0 Å². The second-order valence-corrected chi connectivity index (χ2v) is 4.34. The molecule has 0 amide bonds. The van der Waals surface area contributed by atoms with E-state index in [0.29, 0.717) is 0 Å². The SMILES string of the molecule is CS/C=C(\SC)c1ccc(C)cc1. The lowest BCUT2D eigenvalue weighted by atomic mass is 10.1. The first-order valence-electron chi connectivity index (χ1n) is 4.12. The molecule has 0 unspecified atom stereocenters. The fourth-order valence-corrected chi connectivity index (χ4v) is 2.45. The van der Waals surface area contributed by atoms with Crippen LogP contribution in [0.3, 0.4) is 0 Å². The third-order valence-corrected chi connectivity index (χ3v) is 3.19. The molecule has 0 fully saturated rings. The lowest BCUT2D eigenvalue weighted by molar-refractivity contribution is 1.46. The number of hydrogen-bond donors (Lipinski definition) is 0. The molecular weight excluding hydrogens is 196 g/mol. The van der Waals surface area contributed by atoms with E-state index >= 15 is 0 Å². The molecule has 0 saturated heterocycles. The molecule has 0 atom stereocenters. The van der Waals surface area contributed by atoms with Crippen molar-refractivity contribution < 1.29 is 0 Å². The lowest BCUT2D eigenvalue weighted by Crippen LogP contribution is -1.79. The van der Waals surface area contributed by atoms with Crippen LogP contribution in [-0.4, -0.2) is 12.5 Å². The van der Waals surface area contributed by atoms with Gasteiger partial charge < -0.3 is 0 Å². The first-order chi connectivity index (χ1) is 6.27. The second kappa shape index (κ2) is 5.40. The van der Waals surface area contributed by atoms with Crippen LogP contribution in [0.2, 0.25) is 0 Å². The minimum absolute atomic E-state index is 1.31. The van der Waals surface area contributed by atoms with Crippen LogP contribution in [0.5, 0.6) is 0 Å². The normalized spacial score (nSPS) is 11.8. The maximum Gasteiger partial charge on any atom is 0.0204 e. The molecule has 0 aliphatic carbocycles. The molecular formula is C11H14S2. The average molecular weight is 210 g/mol. The van der Waals surface area contributed by atoms with Gasteiger partial charge in [0.25, 0.3) is 0 Å². The zero-order valence-corrected chi connectivity index (χ0v) is 9.84. The number of aryl methyl sites for hydroxylation is 1. The van der Waals surface area contributed by atoms with Crippen molar-refractivity contribution in [1.29, 1.82) is 0 Å². The molecule has 0 nitrogen and oxygen atoms in total. The summed E-state index contributed by atoms with van der Waals surface area (Å²) in [6.45, 7) is 2.11. The Morgan fingerprint density at radius 1 is 1.15 bits per heavy atom. The summed E-state index contributed by atoms with van der Waals surface area (Å²) in [4.78, 5) is 1.34. The van der Waals surface area contributed by atoms with E-state index in [4.69, 9.17) is 0 Å². The molecule has 0 spiro atoms. The van der Waals surface area contributed by atoms with Crippen molar-refractivity contribution in [2.45, 2.75) is 6.92 Å². The Morgan fingerprint density at radius 2 is 1.77 bits per heavy atom. The first-order valence-corrected chi connectivity index (χ1v) is 6.63. The van der Waals surface area contributed by atoms with Crippen LogP contribution in [0, 0.1) is 6.92 Å². The Hall–Kier alpha value is -0.340. The topological polar surface area (TPSA) is 0 Å². The molecule has 70 valence electrons. The highest BCUT2D eigenvalue weighted by atomic mass is 32.2. The fraction of sp³-hybridized carbons (Fsp3) is 0.273. The highest BCUT2D eigenvalue weighted by Crippen LogP contribution is 2.27. The summed E-state index contributed by atoms with van der Waals surface area (Å²) in [5.41, 5.74) is 2.63. The van der Waals surface area contributed by atoms with Gasteiger partial charge in [-0.3, -0.25) is 0 Å². The highest BCUT2D eigenvalue weighted by molar-refractivity contribution is 8.09. The van der Waals surface area contributed by atoms with E-state index in [1.165, 1.54) is 16.0 Å². The summed E-state index contributed by atoms with van der Waals surface area (Å²) >= 11 is 3.54. The predicted molar refractivity (Wildman–Crippen MR) is 66.2 cm³/mol.